The van der Waals surface area contributed by atoms with Gasteiger partial charge in [0.1, 0.15) is 5.69 Å². The first kappa shape index (κ1) is 43.8. The maximum atomic E-state index is 16.4. The Balaban J connectivity index is 1.48. The van der Waals surface area contributed by atoms with Gasteiger partial charge in [-0.2, -0.15) is 0 Å². The first-order chi connectivity index (χ1) is 30.6. The zero-order chi connectivity index (χ0) is 45.9. The average Bonchev–Trinajstić information content (AvgIpc) is 4.14. The number of anilines is 1. The second-order valence-corrected chi connectivity index (χ2v) is 14.8. The molecule has 4 aromatic heterocycles. The molecule has 0 aliphatic carbocycles. The largest absolute Gasteiger partial charge is 0.380 e. The van der Waals surface area contributed by atoms with E-state index in [1.807, 2.05) is 6.92 Å². The van der Waals surface area contributed by atoms with Crippen LogP contribution in [0.15, 0.2) is 36.4 Å². The van der Waals surface area contributed by atoms with Crippen LogP contribution in [0.1, 0.15) is 56.8 Å². The lowest BCUT2D eigenvalue weighted by Gasteiger charge is -2.14. The maximum Gasteiger partial charge on any atom is 0.200 e. The van der Waals surface area contributed by atoms with E-state index < -0.39 is 148 Å². The van der Waals surface area contributed by atoms with E-state index in [-0.39, 0.29) is 23.1 Å². The lowest BCUT2D eigenvalue weighted by atomic mass is 10.0. The molecule has 0 saturated heterocycles. The van der Waals surface area contributed by atoms with Crippen molar-refractivity contribution in [1.82, 2.24) is 19.9 Å². The third kappa shape index (κ3) is 7.19. The number of benzene rings is 3. The fourth-order valence-corrected chi connectivity index (χ4v) is 7.71. The third-order valence-corrected chi connectivity index (χ3v) is 10.8. The van der Waals surface area contributed by atoms with Gasteiger partial charge in [0.05, 0.1) is 39.1 Å². The number of H-pyrrole nitrogens is 3. The van der Waals surface area contributed by atoms with Crippen LogP contribution in [-0.2, 0) is 0 Å². The highest BCUT2D eigenvalue weighted by atomic mass is 19.2. The fraction of sp³-hybridized carbons (Fsp3) is 0.178. The van der Waals surface area contributed by atoms with Crippen LogP contribution >= 0.6 is 0 Å². The molecule has 5 heterocycles. The lowest BCUT2D eigenvalue weighted by molar-refractivity contribution is 0.381. The number of rotatable bonds is 11. The zero-order valence-corrected chi connectivity index (χ0v) is 32.8. The van der Waals surface area contributed by atoms with Gasteiger partial charge in [0.25, 0.3) is 0 Å². The lowest BCUT2D eigenvalue weighted by Crippen LogP contribution is -2.11. The van der Waals surface area contributed by atoms with Crippen molar-refractivity contribution in [3.8, 4) is 33.4 Å². The molecule has 332 valence electrons. The average molecular weight is 906 g/mol. The summed E-state index contributed by atoms with van der Waals surface area (Å²) in [7, 11) is 0. The molecule has 5 nitrogen and oxygen atoms in total. The molecule has 19 heteroatoms. The maximum absolute atomic E-state index is 16.4. The first-order valence-corrected chi connectivity index (χ1v) is 19.5. The highest BCUT2D eigenvalue weighted by Crippen LogP contribution is 2.43. The summed E-state index contributed by atoms with van der Waals surface area (Å²) in [6, 6.07) is 6.58. The molecule has 0 atom stereocenters. The van der Waals surface area contributed by atoms with E-state index in [9.17, 15) is 26.3 Å². The van der Waals surface area contributed by atoms with Crippen molar-refractivity contribution in [3.63, 3.8) is 0 Å². The van der Waals surface area contributed by atoms with Gasteiger partial charge >= 0.3 is 0 Å². The smallest absolute Gasteiger partial charge is 0.200 e. The van der Waals surface area contributed by atoms with Crippen molar-refractivity contribution < 1.29 is 61.5 Å². The van der Waals surface area contributed by atoms with Gasteiger partial charge in [0.15, 0.2) is 69.8 Å². The SMILES string of the molecule is CCCCCCCCNc1c(F)c(F)c(-c2c3nc(c(-c4c(F)c(F)c(F)c(F)c4F)c4ccc([nH]4)c(-c4c(F)c(F)c(F)c(F)c4F)c4ccc([nH]4)c4ccc2[nH]4)C=C3)c(F)c1F. The highest BCUT2D eigenvalue weighted by Gasteiger charge is 2.33. The summed E-state index contributed by atoms with van der Waals surface area (Å²) in [6.45, 7) is 1.96. The summed E-state index contributed by atoms with van der Waals surface area (Å²) in [5.74, 6) is -31.7. The van der Waals surface area contributed by atoms with E-state index in [4.69, 9.17) is 0 Å². The van der Waals surface area contributed by atoms with Crippen molar-refractivity contribution in [2.45, 2.75) is 45.4 Å². The molecule has 0 amide bonds. The van der Waals surface area contributed by atoms with Crippen LogP contribution in [0.5, 0.6) is 0 Å². The molecule has 1 aliphatic rings. The topological polar surface area (TPSA) is 72.3 Å². The molecule has 0 unspecified atom stereocenters. The van der Waals surface area contributed by atoms with Crippen LogP contribution < -0.4 is 5.32 Å². The van der Waals surface area contributed by atoms with Crippen LogP contribution in [0.2, 0.25) is 0 Å². The number of halogens is 14. The zero-order valence-electron chi connectivity index (χ0n) is 32.8. The Hall–Kier alpha value is -6.79. The Labute approximate surface area is 351 Å². The van der Waals surface area contributed by atoms with Crippen LogP contribution in [0.3, 0.4) is 0 Å². The summed E-state index contributed by atoms with van der Waals surface area (Å²) >= 11 is 0. The summed E-state index contributed by atoms with van der Waals surface area (Å²) in [6.07, 6.45) is 6.60. The van der Waals surface area contributed by atoms with E-state index in [0.717, 1.165) is 62.1 Å². The second-order valence-electron chi connectivity index (χ2n) is 14.8. The van der Waals surface area contributed by atoms with E-state index in [1.165, 1.54) is 12.1 Å². The van der Waals surface area contributed by atoms with Crippen molar-refractivity contribution >= 4 is 50.9 Å². The molecule has 8 bridgehead atoms. The third-order valence-electron chi connectivity index (χ3n) is 10.8. The molecule has 64 heavy (non-hydrogen) atoms. The van der Waals surface area contributed by atoms with Crippen LogP contribution in [0.4, 0.5) is 67.2 Å². The van der Waals surface area contributed by atoms with E-state index >= 15 is 35.1 Å². The molecular weight excluding hydrogens is 877 g/mol. The molecule has 8 rings (SSSR count). The number of unbranched alkanes of at least 4 members (excludes halogenated alkanes) is 5. The van der Waals surface area contributed by atoms with E-state index in [0.29, 0.717) is 12.8 Å². The van der Waals surface area contributed by atoms with Gasteiger partial charge in [-0.3, -0.25) is 0 Å². The number of fused-ring (bicyclic) bond motifs is 9. The Morgan fingerprint density at radius 1 is 0.359 bits per heavy atom. The Morgan fingerprint density at radius 2 is 0.672 bits per heavy atom. The normalized spacial score (nSPS) is 12.0. The summed E-state index contributed by atoms with van der Waals surface area (Å²) < 4.78 is 215. The minimum Gasteiger partial charge on any atom is -0.380 e. The van der Waals surface area contributed by atoms with Crippen LogP contribution in [0, 0.1) is 81.4 Å². The van der Waals surface area contributed by atoms with Crippen molar-refractivity contribution in [2.75, 3.05) is 11.9 Å². The number of aromatic nitrogens is 4. The molecular formula is C45H29F14N5. The van der Waals surface area contributed by atoms with E-state index in [2.05, 4.69) is 25.3 Å². The van der Waals surface area contributed by atoms with Gasteiger partial charge in [-0.25, -0.2) is 66.4 Å². The molecule has 3 aromatic carbocycles. The van der Waals surface area contributed by atoms with Crippen molar-refractivity contribution in [1.29, 1.82) is 0 Å². The van der Waals surface area contributed by atoms with Gasteiger partial charge in [-0.05, 0) is 55.0 Å². The van der Waals surface area contributed by atoms with Gasteiger partial charge in [-0.15, -0.1) is 0 Å². The number of hydrogen-bond acceptors (Lipinski definition) is 2. The predicted octanol–water partition coefficient (Wildman–Crippen LogP) is 14.4. The van der Waals surface area contributed by atoms with Crippen molar-refractivity contribution in [3.05, 3.63) is 129 Å². The quantitative estimate of drug-likeness (QED) is 0.0452. The molecule has 0 fully saturated rings. The predicted molar refractivity (Wildman–Crippen MR) is 213 cm³/mol. The first-order valence-electron chi connectivity index (χ1n) is 19.5. The summed E-state index contributed by atoms with van der Waals surface area (Å²) in [5.41, 5.74) is -11.4. The van der Waals surface area contributed by atoms with Gasteiger partial charge < -0.3 is 20.3 Å². The highest BCUT2D eigenvalue weighted by molar-refractivity contribution is 6.00. The van der Waals surface area contributed by atoms with Gasteiger partial charge in [0, 0.05) is 45.3 Å². The molecule has 0 radical (unpaired) electrons. The summed E-state index contributed by atoms with van der Waals surface area (Å²) in [4.78, 5) is 12.2. The molecule has 1 aliphatic heterocycles. The molecule has 7 aromatic rings. The minimum absolute atomic E-state index is 0.00280. The number of hydrogen-bond donors (Lipinski definition) is 4. The minimum atomic E-state index is -2.57. The Bertz CT molecular complexity index is 3110. The number of aromatic amines is 3. The fourth-order valence-electron chi connectivity index (χ4n) is 7.71. The molecule has 0 spiro atoms. The summed E-state index contributed by atoms with van der Waals surface area (Å²) in [5, 5.41) is 2.40. The van der Waals surface area contributed by atoms with Gasteiger partial charge in [0.2, 0.25) is 11.6 Å². The molecule has 0 saturated carbocycles. The van der Waals surface area contributed by atoms with Gasteiger partial charge in [-0.1, -0.05) is 39.0 Å². The Morgan fingerprint density at radius 3 is 1.09 bits per heavy atom. The second kappa shape index (κ2) is 17.1. The van der Waals surface area contributed by atoms with Crippen molar-refractivity contribution in [2.24, 2.45) is 0 Å². The number of nitrogens with one attached hydrogen (secondary N) is 4. The molecule has 4 N–H and O–H groups in total. The number of nitrogens with zero attached hydrogens (tertiary/aromatic N) is 1. The van der Waals surface area contributed by atoms with Crippen LogP contribution in [0.25, 0.3) is 78.6 Å². The van der Waals surface area contributed by atoms with E-state index in [1.54, 1.807) is 0 Å². The standard InChI is InChI=1S/C45H29F14N5/c1-2-3-4-5-6-7-16-60-45-43(58)35(50)30(36(51)44(45)59)26-20-11-9-18(62-20)17-8-10-19(61-17)25(28-31(46)37(52)41(56)38(53)32(28)47)21-12-14-23(63-21)27(24-15-13-22(26)64-24)29-33(48)39(54)42(57)40(55)34(29)49/h8-15,60-63H,2-7,16H2,1H3. The monoisotopic (exact) mass is 905 g/mol. The van der Waals surface area contributed by atoms with Crippen LogP contribution in [-0.4, -0.2) is 26.5 Å². The Kier molecular flexibility index (Phi) is 11.7.